The van der Waals surface area contributed by atoms with Gasteiger partial charge in [-0.2, -0.15) is 0 Å². The third-order valence-corrected chi connectivity index (χ3v) is 2.22. The molecule has 0 atom stereocenters. The fraction of sp³-hybridized carbons (Fsp3) is 0.125. The van der Waals surface area contributed by atoms with Gasteiger partial charge < -0.3 is 9.47 Å². The van der Waals surface area contributed by atoms with E-state index < -0.39 is 0 Å². The van der Waals surface area contributed by atoms with E-state index in [2.05, 4.69) is 13.2 Å². The van der Waals surface area contributed by atoms with Crippen LogP contribution < -0.4 is 9.47 Å². The lowest BCUT2D eigenvalue weighted by atomic mass is 10.1. The van der Waals surface area contributed by atoms with Gasteiger partial charge in [0.1, 0.15) is 11.5 Å². The zero-order valence-corrected chi connectivity index (χ0v) is 10.8. The summed E-state index contributed by atoms with van der Waals surface area (Å²) in [5, 5.41) is 2.19. The second-order valence-corrected chi connectivity index (χ2v) is 3.24. The van der Waals surface area contributed by atoms with Crippen molar-refractivity contribution in [3.63, 3.8) is 0 Å². The van der Waals surface area contributed by atoms with E-state index >= 15 is 0 Å². The predicted octanol–water partition coefficient (Wildman–Crippen LogP) is 4.91. The zero-order valence-electron chi connectivity index (χ0n) is 10.8. The highest BCUT2D eigenvalue weighted by Gasteiger charge is 1.98. The molecule has 18 heavy (non-hydrogen) atoms. The highest BCUT2D eigenvalue weighted by molar-refractivity contribution is 5.85. The van der Waals surface area contributed by atoms with Gasteiger partial charge in [0, 0.05) is 0 Å². The monoisotopic (exact) mass is 242 g/mol. The molecule has 0 saturated heterocycles. The first-order chi connectivity index (χ1) is 8.83. The lowest BCUT2D eigenvalue weighted by molar-refractivity contribution is 0.482. The van der Waals surface area contributed by atoms with Crippen LogP contribution in [0.2, 0.25) is 0 Å². The molecule has 0 amide bonds. The van der Waals surface area contributed by atoms with Gasteiger partial charge in [0.25, 0.3) is 0 Å². The first-order valence-corrected chi connectivity index (χ1v) is 5.92. The average molecular weight is 242 g/mol. The van der Waals surface area contributed by atoms with Gasteiger partial charge >= 0.3 is 0 Å². The third kappa shape index (κ3) is 3.39. The fourth-order valence-electron chi connectivity index (χ4n) is 1.54. The fourth-order valence-corrected chi connectivity index (χ4v) is 1.54. The maximum absolute atomic E-state index is 5.22. The molecule has 0 aromatic heterocycles. The summed E-state index contributed by atoms with van der Waals surface area (Å²) in [5.74, 6) is 1.52. The highest BCUT2D eigenvalue weighted by Crippen LogP contribution is 2.25. The van der Waals surface area contributed by atoms with Crippen molar-refractivity contribution in [2.45, 2.75) is 13.8 Å². The maximum atomic E-state index is 5.22. The molecule has 2 heteroatoms. The first kappa shape index (κ1) is 13.8. The van der Waals surface area contributed by atoms with Crippen LogP contribution in [0, 0.1) is 0 Å². The van der Waals surface area contributed by atoms with Crippen molar-refractivity contribution in [2.24, 2.45) is 0 Å². The average Bonchev–Trinajstić information content (AvgIpc) is 2.41. The molecule has 0 bridgehead atoms. The van der Waals surface area contributed by atoms with Crippen LogP contribution in [0.3, 0.4) is 0 Å². The van der Waals surface area contributed by atoms with Gasteiger partial charge in [0.15, 0.2) is 0 Å². The second kappa shape index (κ2) is 7.17. The van der Waals surface area contributed by atoms with Crippen LogP contribution in [0.5, 0.6) is 11.5 Å². The van der Waals surface area contributed by atoms with Gasteiger partial charge in [-0.1, -0.05) is 39.1 Å². The third-order valence-electron chi connectivity index (χ3n) is 2.22. The second-order valence-electron chi connectivity index (χ2n) is 3.24. The number of benzene rings is 2. The van der Waals surface area contributed by atoms with Crippen molar-refractivity contribution in [1.29, 1.82) is 0 Å². The number of hydrogen-bond acceptors (Lipinski definition) is 2. The Morgan fingerprint density at radius 1 is 0.778 bits per heavy atom. The summed E-state index contributed by atoms with van der Waals surface area (Å²) in [5.41, 5.74) is 0. The molecule has 0 aliphatic carbocycles. The van der Waals surface area contributed by atoms with Crippen LogP contribution in [0.4, 0.5) is 0 Å². The molecule has 0 aliphatic heterocycles. The Kier molecular flexibility index (Phi) is 5.52. The van der Waals surface area contributed by atoms with E-state index in [1.165, 1.54) is 12.5 Å². The zero-order chi connectivity index (χ0) is 13.4. The minimum atomic E-state index is 0.762. The minimum Gasteiger partial charge on any atom is -0.466 e. The van der Waals surface area contributed by atoms with Gasteiger partial charge in [-0.25, -0.2) is 0 Å². The number of ether oxygens (including phenoxy) is 2. The van der Waals surface area contributed by atoms with E-state index in [0.29, 0.717) is 0 Å². The molecule has 94 valence electrons. The number of fused-ring (bicyclic) bond motifs is 1. The summed E-state index contributed by atoms with van der Waals surface area (Å²) < 4.78 is 10.4. The van der Waals surface area contributed by atoms with E-state index in [-0.39, 0.29) is 0 Å². The summed E-state index contributed by atoms with van der Waals surface area (Å²) in [6.45, 7) is 11.0. The van der Waals surface area contributed by atoms with Crippen molar-refractivity contribution in [3.05, 3.63) is 62.1 Å². The highest BCUT2D eigenvalue weighted by atomic mass is 16.5. The van der Waals surface area contributed by atoms with Crippen LogP contribution >= 0.6 is 0 Å². The van der Waals surface area contributed by atoms with Crippen molar-refractivity contribution >= 4 is 10.8 Å². The van der Waals surface area contributed by atoms with E-state index in [0.717, 1.165) is 22.3 Å². The van der Waals surface area contributed by atoms with Crippen molar-refractivity contribution in [3.8, 4) is 11.5 Å². The Balaban J connectivity index is 0.000000771. The van der Waals surface area contributed by atoms with Crippen LogP contribution in [0.1, 0.15) is 13.8 Å². The topological polar surface area (TPSA) is 18.5 Å². The Hall–Kier alpha value is -2.22. The summed E-state index contributed by atoms with van der Waals surface area (Å²) in [6.07, 6.45) is 2.82. The molecule has 0 radical (unpaired) electrons. The normalized spacial score (nSPS) is 9.00. The van der Waals surface area contributed by atoms with Crippen LogP contribution in [0.25, 0.3) is 10.8 Å². The van der Waals surface area contributed by atoms with E-state index in [1.807, 2.05) is 50.2 Å². The van der Waals surface area contributed by atoms with Gasteiger partial charge in [-0.05, 0) is 35.0 Å². The van der Waals surface area contributed by atoms with E-state index in [4.69, 9.17) is 9.47 Å². The predicted molar refractivity (Wildman–Crippen MR) is 76.9 cm³/mol. The molecule has 2 aromatic carbocycles. The number of hydrogen-bond donors (Lipinski definition) is 0. The van der Waals surface area contributed by atoms with Gasteiger partial charge in [-0.3, -0.25) is 0 Å². The molecule has 0 fully saturated rings. The van der Waals surface area contributed by atoms with Crippen LogP contribution in [0.15, 0.2) is 62.1 Å². The molecule has 2 aromatic rings. The Labute approximate surface area is 108 Å². The molecule has 0 heterocycles. The molecule has 0 spiro atoms. The summed E-state index contributed by atoms with van der Waals surface area (Å²) >= 11 is 0. The summed E-state index contributed by atoms with van der Waals surface area (Å²) in [6, 6.07) is 11.7. The van der Waals surface area contributed by atoms with Crippen molar-refractivity contribution in [2.75, 3.05) is 0 Å². The Bertz CT molecular complexity index is 485. The Morgan fingerprint density at radius 2 is 1.22 bits per heavy atom. The lowest BCUT2D eigenvalue weighted by Crippen LogP contribution is -1.83. The molecular weight excluding hydrogens is 224 g/mol. The van der Waals surface area contributed by atoms with E-state index in [9.17, 15) is 0 Å². The van der Waals surface area contributed by atoms with E-state index in [1.54, 1.807) is 0 Å². The summed E-state index contributed by atoms with van der Waals surface area (Å²) in [7, 11) is 0. The SMILES string of the molecule is C=COc1ccc2ccc(OC=C)cc2c1.CC. The molecule has 0 unspecified atom stereocenters. The summed E-state index contributed by atoms with van der Waals surface area (Å²) in [4.78, 5) is 0. The molecule has 0 N–H and O–H groups in total. The standard InChI is InChI=1S/C14H12O2.C2H6/c1-3-15-13-7-5-11-6-8-14(16-4-2)10-12(11)9-13;1-2/h3-10H,1-2H2;1-2H3. The van der Waals surface area contributed by atoms with Gasteiger partial charge in [-0.15, -0.1) is 0 Å². The molecule has 2 rings (SSSR count). The smallest absolute Gasteiger partial charge is 0.127 e. The van der Waals surface area contributed by atoms with Crippen LogP contribution in [-0.4, -0.2) is 0 Å². The molecule has 0 saturated carbocycles. The van der Waals surface area contributed by atoms with Crippen LogP contribution in [-0.2, 0) is 0 Å². The molecular formula is C16H18O2. The lowest BCUT2D eigenvalue weighted by Gasteiger charge is -2.04. The molecule has 2 nitrogen and oxygen atoms in total. The maximum Gasteiger partial charge on any atom is 0.127 e. The van der Waals surface area contributed by atoms with Crippen molar-refractivity contribution < 1.29 is 9.47 Å². The molecule has 0 aliphatic rings. The number of rotatable bonds is 4. The minimum absolute atomic E-state index is 0.762. The first-order valence-electron chi connectivity index (χ1n) is 5.92. The van der Waals surface area contributed by atoms with Crippen molar-refractivity contribution in [1.82, 2.24) is 0 Å². The Morgan fingerprint density at radius 3 is 1.61 bits per heavy atom. The van der Waals surface area contributed by atoms with Gasteiger partial charge in [0.05, 0.1) is 12.5 Å². The largest absolute Gasteiger partial charge is 0.466 e. The van der Waals surface area contributed by atoms with Gasteiger partial charge in [0.2, 0.25) is 0 Å². The quantitative estimate of drug-likeness (QED) is 0.709.